The van der Waals surface area contributed by atoms with Gasteiger partial charge in [-0.25, -0.2) is 17.9 Å². The summed E-state index contributed by atoms with van der Waals surface area (Å²) in [7, 11) is -3.75. The number of hydrogen-bond donors (Lipinski definition) is 2. The number of carboxylic acids is 1. The number of nitrogens with one attached hydrogen (secondary N) is 1. The fraction of sp³-hybridized carbons (Fsp3) is 0.350. The van der Waals surface area contributed by atoms with Gasteiger partial charge in [-0.05, 0) is 60.7 Å². The van der Waals surface area contributed by atoms with Crippen molar-refractivity contribution in [3.05, 3.63) is 58.7 Å². The Morgan fingerprint density at radius 1 is 1.19 bits per heavy atom. The molecule has 0 saturated heterocycles. The number of aromatic carboxylic acids is 1. The summed E-state index contributed by atoms with van der Waals surface area (Å²) in [4.78, 5) is 12.4. The van der Waals surface area contributed by atoms with Crippen molar-refractivity contribution in [2.75, 3.05) is 12.3 Å². The zero-order chi connectivity index (χ0) is 20.2. The molecule has 2 aromatic rings. The lowest BCUT2D eigenvalue weighted by Gasteiger charge is -2.11. The third kappa shape index (κ3) is 5.57. The molecule has 2 rings (SSSR count). The molecule has 0 fully saturated rings. The van der Waals surface area contributed by atoms with Gasteiger partial charge in [-0.1, -0.05) is 26.0 Å². The summed E-state index contributed by atoms with van der Waals surface area (Å²) in [5, 5.41) is 9.26. The van der Waals surface area contributed by atoms with Crippen molar-refractivity contribution >= 4 is 27.8 Å². The second-order valence-electron chi connectivity index (χ2n) is 6.69. The summed E-state index contributed by atoms with van der Waals surface area (Å²) < 4.78 is 27.5. The molecule has 148 valence electrons. The smallest absolute Gasteiger partial charge is 0.336 e. The van der Waals surface area contributed by atoms with E-state index in [1.807, 2.05) is 12.1 Å². The standard InChI is InChI=1S/C20H25NO4S2.H2/c1-13(2)16-5-7-17(8-6-16)26-10-9-21-27(24,25)18-11-14(3)15(4)19(12-18)20(22)23;/h5-8,11-13,21H,9-10H2,1-4H3,(H,22,23);1H. The first kappa shape index (κ1) is 21.5. The van der Waals surface area contributed by atoms with Gasteiger partial charge in [-0.3, -0.25) is 0 Å². The van der Waals surface area contributed by atoms with Gasteiger partial charge in [0.15, 0.2) is 0 Å². The van der Waals surface area contributed by atoms with Gasteiger partial charge >= 0.3 is 5.97 Å². The Kier molecular flexibility index (Phi) is 7.08. The number of thioether (sulfide) groups is 1. The fourth-order valence-corrected chi connectivity index (χ4v) is 4.62. The molecule has 0 bridgehead atoms. The molecule has 0 radical (unpaired) electrons. The van der Waals surface area contributed by atoms with Crippen LogP contribution in [0.1, 0.15) is 48.2 Å². The Hall–Kier alpha value is -1.83. The quantitative estimate of drug-likeness (QED) is 0.497. The summed E-state index contributed by atoms with van der Waals surface area (Å²) in [5.41, 5.74) is 2.48. The van der Waals surface area contributed by atoms with E-state index in [1.165, 1.54) is 17.7 Å². The van der Waals surface area contributed by atoms with Crippen LogP contribution in [-0.2, 0) is 10.0 Å². The van der Waals surface area contributed by atoms with Crippen LogP contribution in [0.15, 0.2) is 46.2 Å². The topological polar surface area (TPSA) is 83.5 Å². The summed E-state index contributed by atoms with van der Waals surface area (Å²) in [5.74, 6) is -0.0748. The number of carbonyl (C=O) groups is 1. The average Bonchev–Trinajstić information content (AvgIpc) is 2.61. The van der Waals surface area contributed by atoms with Gasteiger partial charge in [0, 0.05) is 18.6 Å². The Morgan fingerprint density at radius 2 is 1.81 bits per heavy atom. The van der Waals surface area contributed by atoms with E-state index in [9.17, 15) is 18.3 Å². The first-order valence-electron chi connectivity index (χ1n) is 8.69. The SMILES string of the molecule is Cc1cc(S(=O)(=O)NCCSc2ccc(C(C)C)cc2)cc(C(=O)O)c1C.[HH]. The van der Waals surface area contributed by atoms with Crippen LogP contribution in [0.4, 0.5) is 0 Å². The van der Waals surface area contributed by atoms with Gasteiger partial charge in [-0.2, -0.15) is 0 Å². The minimum Gasteiger partial charge on any atom is -0.478 e. The first-order chi connectivity index (χ1) is 12.6. The number of carboxylic acid groups (broad SMARTS) is 1. The summed E-state index contributed by atoms with van der Waals surface area (Å²) >= 11 is 1.57. The molecular weight excluding hydrogens is 382 g/mol. The van der Waals surface area contributed by atoms with Crippen molar-refractivity contribution < 1.29 is 19.7 Å². The van der Waals surface area contributed by atoms with Crippen LogP contribution >= 0.6 is 11.8 Å². The zero-order valence-electron chi connectivity index (χ0n) is 15.9. The Bertz CT molecular complexity index is 926. The van der Waals surface area contributed by atoms with Gasteiger partial charge in [-0.15, -0.1) is 11.8 Å². The van der Waals surface area contributed by atoms with E-state index in [2.05, 4.69) is 30.7 Å². The van der Waals surface area contributed by atoms with Crippen molar-refractivity contribution in [1.29, 1.82) is 0 Å². The van der Waals surface area contributed by atoms with Crippen molar-refractivity contribution in [2.45, 2.75) is 43.4 Å². The Balaban J connectivity index is 0.00000392. The normalized spacial score (nSPS) is 11.7. The van der Waals surface area contributed by atoms with Crippen LogP contribution in [0.2, 0.25) is 0 Å². The molecule has 0 aromatic heterocycles. The molecule has 0 saturated carbocycles. The molecule has 0 amide bonds. The van der Waals surface area contributed by atoms with Gasteiger partial charge in [0.1, 0.15) is 0 Å². The third-order valence-electron chi connectivity index (χ3n) is 4.39. The van der Waals surface area contributed by atoms with Crippen molar-refractivity contribution in [3.8, 4) is 0 Å². The number of sulfonamides is 1. The van der Waals surface area contributed by atoms with Gasteiger partial charge in [0.2, 0.25) is 10.0 Å². The van der Waals surface area contributed by atoms with Crippen molar-refractivity contribution in [3.63, 3.8) is 0 Å². The fourth-order valence-electron chi connectivity index (χ4n) is 2.58. The molecule has 5 nitrogen and oxygen atoms in total. The maximum absolute atomic E-state index is 12.5. The Labute approximate surface area is 166 Å². The zero-order valence-corrected chi connectivity index (χ0v) is 17.6. The van der Waals surface area contributed by atoms with E-state index in [0.29, 0.717) is 22.8 Å². The maximum atomic E-state index is 12.5. The molecule has 2 aromatic carbocycles. The molecule has 0 aliphatic rings. The van der Waals surface area contributed by atoms with Crippen LogP contribution < -0.4 is 4.72 Å². The van der Waals surface area contributed by atoms with Gasteiger partial charge in [0.25, 0.3) is 0 Å². The summed E-state index contributed by atoms with van der Waals surface area (Å²) in [6, 6.07) is 11.0. The van der Waals surface area contributed by atoms with E-state index in [-0.39, 0.29) is 18.4 Å². The highest BCUT2D eigenvalue weighted by Crippen LogP contribution is 2.22. The van der Waals surface area contributed by atoms with E-state index >= 15 is 0 Å². The number of benzene rings is 2. The maximum Gasteiger partial charge on any atom is 0.336 e. The number of aryl methyl sites for hydroxylation is 1. The number of rotatable bonds is 8. The van der Waals surface area contributed by atoms with E-state index in [4.69, 9.17) is 0 Å². The molecule has 0 atom stereocenters. The molecule has 0 unspecified atom stereocenters. The van der Waals surface area contributed by atoms with Gasteiger partial charge in [0.05, 0.1) is 10.5 Å². The molecule has 2 N–H and O–H groups in total. The third-order valence-corrected chi connectivity index (χ3v) is 6.85. The molecular formula is C20H27NO4S2. The number of hydrogen-bond acceptors (Lipinski definition) is 4. The van der Waals surface area contributed by atoms with Crippen LogP contribution in [0.25, 0.3) is 0 Å². The minimum absolute atomic E-state index is 0. The molecule has 0 spiro atoms. The van der Waals surface area contributed by atoms with Crippen LogP contribution in [-0.4, -0.2) is 31.8 Å². The van der Waals surface area contributed by atoms with Crippen LogP contribution in [0.5, 0.6) is 0 Å². The highest BCUT2D eigenvalue weighted by atomic mass is 32.2. The van der Waals surface area contributed by atoms with Crippen LogP contribution in [0, 0.1) is 13.8 Å². The molecule has 27 heavy (non-hydrogen) atoms. The highest BCUT2D eigenvalue weighted by Gasteiger charge is 2.19. The first-order valence-corrected chi connectivity index (χ1v) is 11.2. The molecule has 7 heteroatoms. The predicted octanol–water partition coefficient (Wildman–Crippen LogP) is 4.44. The van der Waals surface area contributed by atoms with E-state index in [1.54, 1.807) is 25.6 Å². The minimum atomic E-state index is -3.75. The second kappa shape index (κ2) is 8.91. The lowest BCUT2D eigenvalue weighted by atomic mass is 10.0. The Morgan fingerprint density at radius 3 is 2.37 bits per heavy atom. The van der Waals surface area contributed by atoms with Crippen LogP contribution in [0.3, 0.4) is 0 Å². The lowest BCUT2D eigenvalue weighted by Crippen LogP contribution is -2.26. The van der Waals surface area contributed by atoms with Gasteiger partial charge < -0.3 is 5.11 Å². The monoisotopic (exact) mass is 409 g/mol. The largest absolute Gasteiger partial charge is 0.478 e. The molecule has 0 aliphatic heterocycles. The van der Waals surface area contributed by atoms with Crippen molar-refractivity contribution in [2.24, 2.45) is 0 Å². The van der Waals surface area contributed by atoms with Crippen molar-refractivity contribution in [1.82, 2.24) is 4.72 Å². The average molecular weight is 410 g/mol. The molecule has 0 heterocycles. The summed E-state index contributed by atoms with van der Waals surface area (Å²) in [6.07, 6.45) is 0. The molecule has 0 aliphatic carbocycles. The predicted molar refractivity (Wildman–Crippen MR) is 111 cm³/mol. The summed E-state index contributed by atoms with van der Waals surface area (Å²) in [6.45, 7) is 7.91. The van der Waals surface area contributed by atoms with E-state index < -0.39 is 16.0 Å². The lowest BCUT2D eigenvalue weighted by molar-refractivity contribution is 0.0695. The van der Waals surface area contributed by atoms with E-state index in [0.717, 1.165) is 4.90 Å². The second-order valence-corrected chi connectivity index (χ2v) is 9.62. The highest BCUT2D eigenvalue weighted by molar-refractivity contribution is 7.99.